The van der Waals surface area contributed by atoms with Gasteiger partial charge < -0.3 is 5.11 Å². The van der Waals surface area contributed by atoms with E-state index in [0.717, 1.165) is 17.3 Å². The Hall–Kier alpha value is -0.960. The summed E-state index contributed by atoms with van der Waals surface area (Å²) in [6.45, 7) is 7.31. The second-order valence-corrected chi connectivity index (χ2v) is 4.60. The molecule has 0 saturated carbocycles. The van der Waals surface area contributed by atoms with E-state index in [1.807, 2.05) is 13.0 Å². The molecule has 13 heavy (non-hydrogen) atoms. The molecule has 70 valence electrons. The smallest absolute Gasteiger partial charge is 0.216 e. The van der Waals surface area contributed by atoms with Gasteiger partial charge in [-0.2, -0.15) is 0 Å². The molecule has 0 bridgehead atoms. The van der Waals surface area contributed by atoms with Gasteiger partial charge in [-0.05, 0) is 13.8 Å². The van der Waals surface area contributed by atoms with Crippen molar-refractivity contribution in [3.8, 4) is 0 Å². The fourth-order valence-electron chi connectivity index (χ4n) is 1.14. The van der Waals surface area contributed by atoms with Crippen molar-refractivity contribution in [2.45, 2.75) is 18.6 Å². The minimum Gasteiger partial charge on any atom is -0.510 e. The summed E-state index contributed by atoms with van der Waals surface area (Å²) in [6, 6.07) is 0. The number of aliphatic hydroxyl groups is 1. The molecule has 1 heterocycles. The lowest BCUT2D eigenvalue weighted by atomic mass is 10.1. The third-order valence-electron chi connectivity index (χ3n) is 1.90. The summed E-state index contributed by atoms with van der Waals surface area (Å²) in [6.07, 6.45) is 4.79. The zero-order chi connectivity index (χ0) is 10.1. The van der Waals surface area contributed by atoms with Crippen LogP contribution in [-0.2, 0) is 4.79 Å². The second kappa shape index (κ2) is 3.42. The molecule has 0 aromatic rings. The Bertz CT molecular complexity index is 315. The molecular weight excluding hydrogens is 184 g/mol. The van der Waals surface area contributed by atoms with Crippen LogP contribution in [0.2, 0.25) is 0 Å². The quantitative estimate of drug-likeness (QED) is 0.690. The Balaban J connectivity index is 2.98. The van der Waals surface area contributed by atoms with Crippen LogP contribution >= 0.6 is 11.8 Å². The van der Waals surface area contributed by atoms with Gasteiger partial charge in [-0.1, -0.05) is 36.1 Å². The largest absolute Gasteiger partial charge is 0.510 e. The summed E-state index contributed by atoms with van der Waals surface area (Å²) < 4.78 is -0.602. The van der Waals surface area contributed by atoms with Crippen molar-refractivity contribution in [1.29, 1.82) is 0 Å². The number of carbonyl (C=O) groups excluding carboxylic acids is 1. The van der Waals surface area contributed by atoms with Gasteiger partial charge in [-0.25, -0.2) is 0 Å². The molecule has 1 unspecified atom stereocenters. The van der Waals surface area contributed by atoms with Gasteiger partial charge in [0.1, 0.15) is 5.76 Å². The average molecular weight is 196 g/mol. The van der Waals surface area contributed by atoms with Crippen molar-refractivity contribution in [3.63, 3.8) is 0 Å². The zero-order valence-electron chi connectivity index (χ0n) is 7.70. The number of thioether (sulfide) groups is 1. The van der Waals surface area contributed by atoms with Gasteiger partial charge in [0.15, 0.2) is 0 Å². The molecule has 1 atom stereocenters. The second-order valence-electron chi connectivity index (χ2n) is 3.15. The number of rotatable bonds is 2. The maximum atomic E-state index is 11.0. The van der Waals surface area contributed by atoms with Crippen LogP contribution in [0.1, 0.15) is 13.8 Å². The average Bonchev–Trinajstić information content (AvgIpc) is 2.25. The lowest BCUT2D eigenvalue weighted by Gasteiger charge is -2.18. The molecule has 0 spiro atoms. The minimum absolute atomic E-state index is 0.104. The highest BCUT2D eigenvalue weighted by Crippen LogP contribution is 2.40. The number of carbonyl (C=O) groups is 1. The molecule has 1 N–H and O–H groups in total. The van der Waals surface area contributed by atoms with Gasteiger partial charge in [0.05, 0.1) is 4.75 Å². The first-order valence-corrected chi connectivity index (χ1v) is 4.75. The number of aliphatic hydroxyl groups excluding tert-OH is 1. The van der Waals surface area contributed by atoms with E-state index in [9.17, 15) is 9.90 Å². The van der Waals surface area contributed by atoms with Crippen LogP contribution in [0.5, 0.6) is 0 Å². The normalized spacial score (nSPS) is 28.9. The van der Waals surface area contributed by atoms with Crippen molar-refractivity contribution in [2.24, 2.45) is 0 Å². The van der Waals surface area contributed by atoms with E-state index in [-0.39, 0.29) is 10.9 Å². The van der Waals surface area contributed by atoms with Crippen molar-refractivity contribution in [2.75, 3.05) is 0 Å². The molecule has 0 aromatic carbocycles. The van der Waals surface area contributed by atoms with Crippen LogP contribution < -0.4 is 0 Å². The van der Waals surface area contributed by atoms with E-state index < -0.39 is 4.75 Å². The lowest BCUT2D eigenvalue weighted by molar-refractivity contribution is -0.106. The molecule has 0 aromatic heterocycles. The third kappa shape index (κ3) is 2.04. The van der Waals surface area contributed by atoms with Crippen LogP contribution in [0, 0.1) is 0 Å². The Morgan fingerprint density at radius 1 is 1.77 bits per heavy atom. The highest BCUT2D eigenvalue weighted by molar-refractivity contribution is 8.15. The standard InChI is InChI=1S/C10H12O2S/c1-4-7(2)6-10(3)8(11)5-9(12)13-10/h4-6,11H,1H2,2-3H3/b7-6+. The fourth-order valence-corrected chi connectivity index (χ4v) is 2.14. The summed E-state index contributed by atoms with van der Waals surface area (Å²) in [4.78, 5) is 11.0. The van der Waals surface area contributed by atoms with Gasteiger partial charge in [0, 0.05) is 6.08 Å². The first kappa shape index (κ1) is 10.1. The van der Waals surface area contributed by atoms with Crippen molar-refractivity contribution in [1.82, 2.24) is 0 Å². The zero-order valence-corrected chi connectivity index (χ0v) is 8.52. The Kier molecular flexibility index (Phi) is 2.66. The predicted molar refractivity (Wildman–Crippen MR) is 55.7 cm³/mol. The highest BCUT2D eigenvalue weighted by atomic mass is 32.2. The summed E-state index contributed by atoms with van der Waals surface area (Å²) in [5.74, 6) is 0.115. The maximum absolute atomic E-state index is 11.0. The van der Waals surface area contributed by atoms with Crippen LogP contribution in [-0.4, -0.2) is 15.0 Å². The van der Waals surface area contributed by atoms with Crippen molar-refractivity contribution in [3.05, 3.63) is 36.1 Å². The Morgan fingerprint density at radius 3 is 2.77 bits per heavy atom. The van der Waals surface area contributed by atoms with Gasteiger partial charge in [0.2, 0.25) is 5.12 Å². The van der Waals surface area contributed by atoms with E-state index in [0.29, 0.717) is 0 Å². The van der Waals surface area contributed by atoms with E-state index in [1.165, 1.54) is 6.08 Å². The van der Waals surface area contributed by atoms with E-state index >= 15 is 0 Å². The highest BCUT2D eigenvalue weighted by Gasteiger charge is 2.36. The van der Waals surface area contributed by atoms with Crippen molar-refractivity contribution < 1.29 is 9.90 Å². The SMILES string of the molecule is C=C/C(C)=C/C1(C)SC(=O)C=C1O. The number of hydrogen-bond acceptors (Lipinski definition) is 3. The molecule has 0 fully saturated rings. The molecule has 3 heteroatoms. The first-order chi connectivity index (χ1) is 5.98. The van der Waals surface area contributed by atoms with Crippen LogP contribution in [0.15, 0.2) is 36.1 Å². The van der Waals surface area contributed by atoms with Crippen molar-refractivity contribution >= 4 is 16.9 Å². The summed E-state index contributed by atoms with van der Waals surface area (Å²) >= 11 is 1.11. The molecule has 1 aliphatic heterocycles. The summed E-state index contributed by atoms with van der Waals surface area (Å²) in [7, 11) is 0. The van der Waals surface area contributed by atoms with Gasteiger partial charge in [-0.15, -0.1) is 0 Å². The molecule has 0 saturated heterocycles. The topological polar surface area (TPSA) is 37.3 Å². The minimum atomic E-state index is -0.602. The van der Waals surface area contributed by atoms with Gasteiger partial charge in [-0.3, -0.25) is 4.79 Å². The molecule has 0 amide bonds. The monoisotopic (exact) mass is 196 g/mol. The molecule has 0 radical (unpaired) electrons. The number of hydrogen-bond donors (Lipinski definition) is 1. The van der Waals surface area contributed by atoms with E-state index in [1.54, 1.807) is 13.0 Å². The molecular formula is C10H12O2S. The van der Waals surface area contributed by atoms with E-state index in [2.05, 4.69) is 6.58 Å². The number of allylic oxidation sites excluding steroid dienone is 2. The molecule has 2 nitrogen and oxygen atoms in total. The maximum Gasteiger partial charge on any atom is 0.216 e. The van der Waals surface area contributed by atoms with Crippen LogP contribution in [0.25, 0.3) is 0 Å². The molecule has 1 rings (SSSR count). The molecule has 1 aliphatic rings. The summed E-state index contributed by atoms with van der Waals surface area (Å²) in [5.41, 5.74) is 0.949. The Labute approximate surface area is 82.0 Å². The van der Waals surface area contributed by atoms with Gasteiger partial charge in [0.25, 0.3) is 0 Å². The first-order valence-electron chi connectivity index (χ1n) is 3.94. The summed E-state index contributed by atoms with van der Waals surface area (Å²) in [5, 5.41) is 9.40. The molecule has 0 aliphatic carbocycles. The predicted octanol–water partition coefficient (Wildman–Crippen LogP) is 2.59. The fraction of sp³-hybridized carbons (Fsp3) is 0.300. The Morgan fingerprint density at radius 2 is 2.38 bits per heavy atom. The van der Waals surface area contributed by atoms with Gasteiger partial charge >= 0.3 is 0 Å². The third-order valence-corrected chi connectivity index (χ3v) is 2.97. The van der Waals surface area contributed by atoms with Crippen LogP contribution in [0.3, 0.4) is 0 Å². The van der Waals surface area contributed by atoms with E-state index in [4.69, 9.17) is 0 Å². The van der Waals surface area contributed by atoms with Crippen LogP contribution in [0.4, 0.5) is 0 Å². The lowest BCUT2D eigenvalue weighted by Crippen LogP contribution is -2.17.